The van der Waals surface area contributed by atoms with Gasteiger partial charge in [-0.2, -0.15) is 0 Å². The van der Waals surface area contributed by atoms with Gasteiger partial charge in [-0.1, -0.05) is 48.4 Å². The van der Waals surface area contributed by atoms with E-state index < -0.39 is 5.97 Å². The van der Waals surface area contributed by atoms with Crippen LogP contribution >= 0.6 is 0 Å². The Balaban J connectivity index is 1.59. The molecular weight excluding hydrogens is 364 g/mol. The molecule has 3 aromatic carbocycles. The third kappa shape index (κ3) is 6.15. The second kappa shape index (κ2) is 10.0. The van der Waals surface area contributed by atoms with Gasteiger partial charge in [0.25, 0.3) is 0 Å². The van der Waals surface area contributed by atoms with E-state index in [4.69, 9.17) is 14.6 Å². The topological polar surface area (TPSA) is 55.8 Å². The monoisotopic (exact) mass is 386 g/mol. The first-order valence-corrected chi connectivity index (χ1v) is 9.32. The molecule has 0 spiro atoms. The number of hydrogen-bond acceptors (Lipinski definition) is 3. The van der Waals surface area contributed by atoms with Crippen LogP contribution in [0, 0.1) is 11.8 Å². The van der Waals surface area contributed by atoms with Gasteiger partial charge in [0.15, 0.2) is 0 Å². The predicted molar refractivity (Wildman–Crippen MR) is 112 cm³/mol. The van der Waals surface area contributed by atoms with E-state index in [9.17, 15) is 4.79 Å². The fourth-order valence-corrected chi connectivity index (χ4v) is 2.85. The summed E-state index contributed by atoms with van der Waals surface area (Å²) in [7, 11) is 0. The first-order valence-electron chi connectivity index (χ1n) is 9.32. The Labute approximate surface area is 170 Å². The predicted octanol–water partition coefficient (Wildman–Crippen LogP) is 5.64. The molecule has 3 aromatic rings. The summed E-state index contributed by atoms with van der Waals surface area (Å²) in [5.74, 6) is 6.68. The summed E-state index contributed by atoms with van der Waals surface area (Å²) in [5, 5.41) is 9.04. The van der Waals surface area contributed by atoms with Crippen LogP contribution in [-0.2, 0) is 11.4 Å². The zero-order valence-electron chi connectivity index (χ0n) is 16.2. The fraction of sp³-hybridized carbons (Fsp3) is 0.160. The highest BCUT2D eigenvalue weighted by Crippen LogP contribution is 2.27. The minimum atomic E-state index is -0.868. The van der Waals surface area contributed by atoms with Crippen molar-refractivity contribution in [3.05, 3.63) is 90.0 Å². The standard InChI is InChI=1S/C25H22O4/c1-2-6-21(17-25(26)27)20-9-11-23(12-10-20)29-24-15-13-22(14-16-24)28-18-19-7-4-3-5-8-19/h3-5,7-16,21H,17-18H2,1H3,(H,26,27). The number of carbonyl (C=O) groups is 1. The van der Waals surface area contributed by atoms with Gasteiger partial charge in [0.05, 0.1) is 12.3 Å². The van der Waals surface area contributed by atoms with Crippen molar-refractivity contribution in [3.8, 4) is 29.1 Å². The molecular formula is C25H22O4. The summed E-state index contributed by atoms with van der Waals surface area (Å²) in [6.07, 6.45) is -0.0223. The van der Waals surface area contributed by atoms with Crippen LogP contribution in [-0.4, -0.2) is 11.1 Å². The third-order valence-corrected chi connectivity index (χ3v) is 4.29. The van der Waals surface area contributed by atoms with Gasteiger partial charge in [0.1, 0.15) is 23.9 Å². The van der Waals surface area contributed by atoms with Crippen LogP contribution in [0.25, 0.3) is 0 Å². The van der Waals surface area contributed by atoms with Gasteiger partial charge in [-0.25, -0.2) is 0 Å². The molecule has 0 aromatic heterocycles. The van der Waals surface area contributed by atoms with Crippen LogP contribution < -0.4 is 9.47 Å². The lowest BCUT2D eigenvalue weighted by atomic mass is 9.96. The minimum Gasteiger partial charge on any atom is -0.489 e. The molecule has 146 valence electrons. The average Bonchev–Trinajstić information content (AvgIpc) is 2.74. The molecule has 0 amide bonds. The Bertz CT molecular complexity index is 981. The highest BCUT2D eigenvalue weighted by molar-refractivity contribution is 5.69. The molecule has 0 aliphatic carbocycles. The van der Waals surface area contributed by atoms with E-state index in [2.05, 4.69) is 11.8 Å². The molecule has 0 aliphatic rings. The van der Waals surface area contributed by atoms with Crippen molar-refractivity contribution in [2.45, 2.75) is 25.9 Å². The number of benzene rings is 3. The van der Waals surface area contributed by atoms with Gasteiger partial charge >= 0.3 is 5.97 Å². The molecule has 0 bridgehead atoms. The van der Waals surface area contributed by atoms with Gasteiger partial charge in [0, 0.05) is 0 Å². The lowest BCUT2D eigenvalue weighted by Crippen LogP contribution is -2.04. The van der Waals surface area contributed by atoms with Crippen molar-refractivity contribution in [1.82, 2.24) is 0 Å². The SMILES string of the molecule is CC#CC(CC(=O)O)c1ccc(Oc2ccc(OCc3ccccc3)cc2)cc1. The summed E-state index contributed by atoms with van der Waals surface area (Å²) in [6, 6.07) is 24.8. The molecule has 0 fully saturated rings. The van der Waals surface area contributed by atoms with Crippen LogP contribution in [0.5, 0.6) is 17.2 Å². The maximum Gasteiger partial charge on any atom is 0.304 e. The molecule has 0 radical (unpaired) electrons. The largest absolute Gasteiger partial charge is 0.489 e. The van der Waals surface area contributed by atoms with Crippen LogP contribution in [0.4, 0.5) is 0 Å². The smallest absolute Gasteiger partial charge is 0.304 e. The Hall–Kier alpha value is -3.71. The van der Waals surface area contributed by atoms with Crippen molar-refractivity contribution < 1.29 is 19.4 Å². The molecule has 1 N–H and O–H groups in total. The van der Waals surface area contributed by atoms with E-state index in [0.717, 1.165) is 16.9 Å². The lowest BCUT2D eigenvalue weighted by molar-refractivity contribution is -0.137. The maximum atomic E-state index is 11.0. The number of ether oxygens (including phenoxy) is 2. The number of carboxylic acids is 1. The Kier molecular flexibility index (Phi) is 6.91. The quantitative estimate of drug-likeness (QED) is 0.509. The lowest BCUT2D eigenvalue weighted by Gasteiger charge is -2.11. The van der Waals surface area contributed by atoms with Crippen LogP contribution in [0.15, 0.2) is 78.9 Å². The molecule has 0 saturated heterocycles. The van der Waals surface area contributed by atoms with E-state index in [1.807, 2.05) is 78.9 Å². The van der Waals surface area contributed by atoms with E-state index >= 15 is 0 Å². The molecule has 4 nitrogen and oxygen atoms in total. The first kappa shape index (κ1) is 20.0. The van der Waals surface area contributed by atoms with E-state index in [1.54, 1.807) is 6.92 Å². The zero-order valence-corrected chi connectivity index (χ0v) is 16.2. The number of hydrogen-bond donors (Lipinski definition) is 1. The number of carboxylic acid groups (broad SMARTS) is 1. The molecule has 0 heterocycles. The Morgan fingerprint density at radius 3 is 2.07 bits per heavy atom. The Morgan fingerprint density at radius 2 is 1.48 bits per heavy atom. The highest BCUT2D eigenvalue weighted by Gasteiger charge is 2.13. The van der Waals surface area contributed by atoms with Crippen LogP contribution in [0.3, 0.4) is 0 Å². The van der Waals surface area contributed by atoms with Crippen molar-refractivity contribution in [3.63, 3.8) is 0 Å². The Morgan fingerprint density at radius 1 is 0.897 bits per heavy atom. The van der Waals surface area contributed by atoms with Crippen LogP contribution in [0.1, 0.15) is 30.4 Å². The second-order valence-electron chi connectivity index (χ2n) is 6.46. The molecule has 0 saturated carbocycles. The molecule has 0 aliphatic heterocycles. The summed E-state index contributed by atoms with van der Waals surface area (Å²) in [4.78, 5) is 11.0. The second-order valence-corrected chi connectivity index (χ2v) is 6.46. The minimum absolute atomic E-state index is 0.0223. The van der Waals surface area contributed by atoms with Gasteiger partial charge in [-0.05, 0) is 54.4 Å². The van der Waals surface area contributed by atoms with Gasteiger partial charge in [-0.3, -0.25) is 4.79 Å². The summed E-state index contributed by atoms with van der Waals surface area (Å²) < 4.78 is 11.6. The van der Waals surface area contributed by atoms with E-state index in [-0.39, 0.29) is 12.3 Å². The summed E-state index contributed by atoms with van der Waals surface area (Å²) >= 11 is 0. The molecule has 1 unspecified atom stereocenters. The van der Waals surface area contributed by atoms with Crippen molar-refractivity contribution in [2.75, 3.05) is 0 Å². The van der Waals surface area contributed by atoms with E-state index in [1.165, 1.54) is 0 Å². The number of aliphatic carboxylic acids is 1. The fourth-order valence-electron chi connectivity index (χ4n) is 2.85. The van der Waals surface area contributed by atoms with Crippen molar-refractivity contribution in [1.29, 1.82) is 0 Å². The van der Waals surface area contributed by atoms with Gasteiger partial charge < -0.3 is 14.6 Å². The van der Waals surface area contributed by atoms with Crippen molar-refractivity contribution in [2.24, 2.45) is 0 Å². The number of rotatable bonds is 8. The zero-order chi connectivity index (χ0) is 20.5. The molecule has 1 atom stereocenters. The van der Waals surface area contributed by atoms with Gasteiger partial charge in [-0.15, -0.1) is 5.92 Å². The summed E-state index contributed by atoms with van der Waals surface area (Å²) in [6.45, 7) is 2.22. The van der Waals surface area contributed by atoms with E-state index in [0.29, 0.717) is 18.1 Å². The summed E-state index contributed by atoms with van der Waals surface area (Å²) in [5.41, 5.74) is 1.97. The van der Waals surface area contributed by atoms with Crippen LogP contribution in [0.2, 0.25) is 0 Å². The first-order chi connectivity index (χ1) is 14.1. The third-order valence-electron chi connectivity index (χ3n) is 4.29. The average molecular weight is 386 g/mol. The highest BCUT2D eigenvalue weighted by atomic mass is 16.5. The van der Waals surface area contributed by atoms with Crippen molar-refractivity contribution >= 4 is 5.97 Å². The molecule has 3 rings (SSSR count). The van der Waals surface area contributed by atoms with Gasteiger partial charge in [0.2, 0.25) is 0 Å². The molecule has 4 heteroatoms. The normalized spacial score (nSPS) is 11.1. The maximum absolute atomic E-state index is 11.0. The molecule has 29 heavy (non-hydrogen) atoms.